The first-order chi connectivity index (χ1) is 7.88. The zero-order valence-corrected chi connectivity index (χ0v) is 11.6. The van der Waals surface area contributed by atoms with Crippen molar-refractivity contribution in [1.29, 1.82) is 0 Å². The molecular formula is C13H21BrN2. The normalized spacial score (nSPS) is 12.0. The van der Waals surface area contributed by atoms with Gasteiger partial charge in [-0.15, -0.1) is 0 Å². The highest BCUT2D eigenvalue weighted by atomic mass is 79.9. The van der Waals surface area contributed by atoms with Gasteiger partial charge in [-0.25, -0.2) is 4.98 Å². The lowest BCUT2D eigenvalue weighted by Crippen LogP contribution is -1.93. The molecule has 1 aromatic rings. The quantitative estimate of drug-likeness (QED) is 0.626. The molecule has 1 rings (SSSR count). The van der Waals surface area contributed by atoms with Crippen molar-refractivity contribution in [1.82, 2.24) is 9.55 Å². The molecule has 0 aliphatic heterocycles. The molecular weight excluding hydrogens is 264 g/mol. The summed E-state index contributed by atoms with van der Waals surface area (Å²) in [6.45, 7) is 2.25. The summed E-state index contributed by atoms with van der Waals surface area (Å²) in [5.41, 5.74) is 1.29. The van der Waals surface area contributed by atoms with Crippen LogP contribution in [0.5, 0.6) is 0 Å². The van der Waals surface area contributed by atoms with E-state index in [2.05, 4.69) is 32.4 Å². The Balaban J connectivity index is 2.16. The molecule has 1 heterocycles. The van der Waals surface area contributed by atoms with Crippen LogP contribution in [0.15, 0.2) is 23.7 Å². The SMILES string of the molecule is CCCCCCCC/C(=C/Br)n1ccnc1. The predicted molar refractivity (Wildman–Crippen MR) is 73.4 cm³/mol. The maximum Gasteiger partial charge on any atom is 0.0989 e. The van der Waals surface area contributed by atoms with Crippen molar-refractivity contribution in [2.45, 2.75) is 51.9 Å². The Hall–Kier alpha value is -0.570. The minimum absolute atomic E-state index is 1.12. The molecule has 0 aromatic carbocycles. The lowest BCUT2D eigenvalue weighted by molar-refractivity contribution is 0.610. The zero-order valence-electron chi connectivity index (χ0n) is 10.0. The van der Waals surface area contributed by atoms with E-state index in [1.807, 2.05) is 23.7 Å². The summed E-state index contributed by atoms with van der Waals surface area (Å²) < 4.78 is 2.07. The second-order valence-corrected chi connectivity index (χ2v) is 4.55. The highest BCUT2D eigenvalue weighted by molar-refractivity contribution is 9.11. The van der Waals surface area contributed by atoms with Crippen LogP contribution in [0.4, 0.5) is 0 Å². The maximum absolute atomic E-state index is 4.06. The standard InChI is InChI=1S/C13H21BrN2/c1-2-3-4-5-6-7-8-13(11-14)16-10-9-15-12-16/h9-12H,2-8H2,1H3/b13-11-. The third-order valence-corrected chi connectivity index (χ3v) is 3.28. The van der Waals surface area contributed by atoms with E-state index in [-0.39, 0.29) is 0 Å². The van der Waals surface area contributed by atoms with E-state index in [1.54, 1.807) is 0 Å². The molecule has 16 heavy (non-hydrogen) atoms. The lowest BCUT2D eigenvalue weighted by Gasteiger charge is -2.07. The van der Waals surface area contributed by atoms with Crippen LogP contribution < -0.4 is 0 Å². The molecule has 0 fully saturated rings. The molecule has 0 amide bonds. The van der Waals surface area contributed by atoms with Gasteiger partial charge in [-0.1, -0.05) is 55.0 Å². The summed E-state index contributed by atoms with van der Waals surface area (Å²) >= 11 is 3.42. The molecule has 0 saturated carbocycles. The molecule has 0 atom stereocenters. The molecule has 0 N–H and O–H groups in total. The third kappa shape index (κ3) is 4.97. The minimum Gasteiger partial charge on any atom is -0.310 e. The second-order valence-electron chi connectivity index (χ2n) is 4.09. The average molecular weight is 285 g/mol. The Morgan fingerprint density at radius 1 is 1.25 bits per heavy atom. The van der Waals surface area contributed by atoms with Gasteiger partial charge in [0.2, 0.25) is 0 Å². The number of hydrogen-bond donors (Lipinski definition) is 0. The number of imidazole rings is 1. The van der Waals surface area contributed by atoms with Crippen molar-refractivity contribution < 1.29 is 0 Å². The van der Waals surface area contributed by atoms with Crippen LogP contribution in [0.2, 0.25) is 0 Å². The first-order valence-corrected chi connectivity index (χ1v) is 7.07. The fourth-order valence-corrected chi connectivity index (χ4v) is 2.22. The van der Waals surface area contributed by atoms with Crippen LogP contribution >= 0.6 is 15.9 Å². The summed E-state index contributed by atoms with van der Waals surface area (Å²) in [4.78, 5) is 6.06. The molecule has 1 aromatic heterocycles. The molecule has 0 saturated heterocycles. The van der Waals surface area contributed by atoms with Gasteiger partial charge in [0.1, 0.15) is 0 Å². The summed E-state index contributed by atoms with van der Waals surface area (Å²) in [6.07, 6.45) is 14.8. The molecule has 0 unspecified atom stereocenters. The first kappa shape index (κ1) is 13.5. The number of hydrogen-bond acceptors (Lipinski definition) is 1. The molecule has 0 aliphatic rings. The van der Waals surface area contributed by atoms with Crippen LogP contribution in [-0.2, 0) is 0 Å². The van der Waals surface area contributed by atoms with E-state index in [1.165, 1.54) is 44.2 Å². The summed E-state index contributed by atoms with van der Waals surface area (Å²) in [5.74, 6) is 0. The largest absolute Gasteiger partial charge is 0.310 e. The van der Waals surface area contributed by atoms with Crippen molar-refractivity contribution in [3.8, 4) is 0 Å². The van der Waals surface area contributed by atoms with E-state index >= 15 is 0 Å². The van der Waals surface area contributed by atoms with E-state index in [4.69, 9.17) is 0 Å². The Labute approximate surface area is 107 Å². The highest BCUT2D eigenvalue weighted by Gasteiger charge is 1.99. The number of halogens is 1. The van der Waals surface area contributed by atoms with Crippen molar-refractivity contribution in [2.24, 2.45) is 0 Å². The minimum atomic E-state index is 1.12. The predicted octanol–water partition coefficient (Wildman–Crippen LogP) is 4.83. The molecule has 0 aliphatic carbocycles. The monoisotopic (exact) mass is 284 g/mol. The van der Waals surface area contributed by atoms with E-state index in [0.29, 0.717) is 0 Å². The number of allylic oxidation sites excluding steroid dienone is 1. The van der Waals surface area contributed by atoms with Gasteiger partial charge in [0.05, 0.1) is 6.33 Å². The number of nitrogens with zero attached hydrogens (tertiary/aromatic N) is 2. The summed E-state index contributed by atoms with van der Waals surface area (Å²) in [7, 11) is 0. The van der Waals surface area contributed by atoms with Crippen LogP contribution in [0.25, 0.3) is 5.70 Å². The van der Waals surface area contributed by atoms with Gasteiger partial charge in [0.15, 0.2) is 0 Å². The van der Waals surface area contributed by atoms with E-state index < -0.39 is 0 Å². The number of unbranched alkanes of at least 4 members (excludes halogenated alkanes) is 5. The second kappa shape index (κ2) is 8.57. The van der Waals surface area contributed by atoms with Crippen molar-refractivity contribution in [3.05, 3.63) is 23.7 Å². The maximum atomic E-state index is 4.06. The fraction of sp³-hybridized carbons (Fsp3) is 0.615. The molecule has 0 radical (unpaired) electrons. The average Bonchev–Trinajstić information content (AvgIpc) is 2.82. The molecule has 2 nitrogen and oxygen atoms in total. The Morgan fingerprint density at radius 3 is 2.62 bits per heavy atom. The number of rotatable bonds is 8. The Morgan fingerprint density at radius 2 is 2.00 bits per heavy atom. The van der Waals surface area contributed by atoms with Gasteiger partial charge in [-0.3, -0.25) is 0 Å². The molecule has 0 bridgehead atoms. The molecule has 90 valence electrons. The summed E-state index contributed by atoms with van der Waals surface area (Å²) in [5, 5.41) is 0. The summed E-state index contributed by atoms with van der Waals surface area (Å²) in [6, 6.07) is 0. The van der Waals surface area contributed by atoms with Crippen LogP contribution in [0.3, 0.4) is 0 Å². The van der Waals surface area contributed by atoms with Gasteiger partial charge in [-0.2, -0.15) is 0 Å². The van der Waals surface area contributed by atoms with E-state index in [0.717, 1.165) is 6.42 Å². The Bertz CT molecular complexity index is 291. The zero-order chi connectivity index (χ0) is 11.6. The fourth-order valence-electron chi connectivity index (χ4n) is 1.76. The van der Waals surface area contributed by atoms with Crippen LogP contribution in [-0.4, -0.2) is 9.55 Å². The van der Waals surface area contributed by atoms with E-state index in [9.17, 15) is 0 Å². The molecule has 0 spiro atoms. The molecule has 3 heteroatoms. The van der Waals surface area contributed by atoms with Gasteiger partial charge in [-0.05, 0) is 12.8 Å². The topological polar surface area (TPSA) is 17.8 Å². The smallest absolute Gasteiger partial charge is 0.0989 e. The van der Waals surface area contributed by atoms with Crippen molar-refractivity contribution in [3.63, 3.8) is 0 Å². The first-order valence-electron chi connectivity index (χ1n) is 6.16. The Kier molecular flexibility index (Phi) is 7.23. The van der Waals surface area contributed by atoms with Gasteiger partial charge in [0.25, 0.3) is 0 Å². The van der Waals surface area contributed by atoms with Gasteiger partial charge >= 0.3 is 0 Å². The lowest BCUT2D eigenvalue weighted by atomic mass is 10.1. The van der Waals surface area contributed by atoms with Crippen molar-refractivity contribution >= 4 is 21.6 Å². The highest BCUT2D eigenvalue weighted by Crippen LogP contribution is 2.16. The van der Waals surface area contributed by atoms with Gasteiger partial charge in [0, 0.05) is 23.1 Å². The van der Waals surface area contributed by atoms with Gasteiger partial charge < -0.3 is 4.57 Å². The van der Waals surface area contributed by atoms with Crippen LogP contribution in [0, 0.1) is 0 Å². The number of aromatic nitrogens is 2. The van der Waals surface area contributed by atoms with Crippen LogP contribution in [0.1, 0.15) is 51.9 Å². The van der Waals surface area contributed by atoms with Crippen molar-refractivity contribution in [2.75, 3.05) is 0 Å². The third-order valence-electron chi connectivity index (χ3n) is 2.75.